The second-order valence-electron chi connectivity index (χ2n) is 2.93. The number of nitrogens with zero attached hydrogens (tertiary/aromatic N) is 1. The highest BCUT2D eigenvalue weighted by atomic mass is 16.6. The van der Waals surface area contributed by atoms with Crippen LogP contribution < -0.4 is 5.69 Å². The summed E-state index contributed by atoms with van der Waals surface area (Å²) in [6, 6.07) is 6.22. The largest absolute Gasteiger partial charge is 0.323 e. The summed E-state index contributed by atoms with van der Waals surface area (Å²) in [4.78, 5) is 26.0. The molecule has 0 amide bonds. The number of para-hydroxylation sites is 1. The van der Waals surface area contributed by atoms with Crippen LogP contribution in [0.15, 0.2) is 35.3 Å². The van der Waals surface area contributed by atoms with Gasteiger partial charge in [-0.25, -0.2) is 4.79 Å². The molecule has 76 valence electrons. The van der Waals surface area contributed by atoms with Crippen LogP contribution in [0, 0.1) is 10.1 Å². The lowest BCUT2D eigenvalue weighted by Crippen LogP contribution is -2.00. The Morgan fingerprint density at radius 2 is 2.00 bits per heavy atom. The Kier molecular flexibility index (Phi) is 2.09. The highest BCUT2D eigenvalue weighted by Crippen LogP contribution is 2.26. The lowest BCUT2D eigenvalue weighted by atomic mass is 10.1. The zero-order chi connectivity index (χ0) is 10.8. The van der Waals surface area contributed by atoms with Gasteiger partial charge < -0.3 is 9.97 Å². The normalized spacial score (nSPS) is 10.1. The summed E-state index contributed by atoms with van der Waals surface area (Å²) < 4.78 is 0. The number of hydrogen-bond donors (Lipinski definition) is 2. The Morgan fingerprint density at radius 1 is 1.27 bits per heavy atom. The summed E-state index contributed by atoms with van der Waals surface area (Å²) in [6.45, 7) is 0. The zero-order valence-corrected chi connectivity index (χ0v) is 7.56. The lowest BCUT2D eigenvalue weighted by Gasteiger charge is -1.98. The first kappa shape index (κ1) is 9.20. The Bertz CT molecular complexity index is 555. The van der Waals surface area contributed by atoms with Crippen LogP contribution in [0.5, 0.6) is 0 Å². The van der Waals surface area contributed by atoms with Crippen LogP contribution in [0.25, 0.3) is 11.3 Å². The Morgan fingerprint density at radius 3 is 2.60 bits per heavy atom. The fourth-order valence-electron chi connectivity index (χ4n) is 1.34. The van der Waals surface area contributed by atoms with Crippen molar-refractivity contribution in [2.45, 2.75) is 0 Å². The van der Waals surface area contributed by atoms with Crippen LogP contribution in [-0.2, 0) is 0 Å². The van der Waals surface area contributed by atoms with Crippen molar-refractivity contribution in [3.63, 3.8) is 0 Å². The van der Waals surface area contributed by atoms with E-state index < -0.39 is 4.92 Å². The van der Waals surface area contributed by atoms with Crippen LogP contribution in [0.4, 0.5) is 5.69 Å². The molecule has 2 aromatic rings. The number of rotatable bonds is 2. The van der Waals surface area contributed by atoms with E-state index in [1.807, 2.05) is 0 Å². The number of nitrogens with one attached hydrogen (secondary N) is 2. The maximum absolute atomic E-state index is 10.9. The number of nitro groups is 1. The molecular formula is C9H7N3O3. The quantitative estimate of drug-likeness (QED) is 0.571. The molecule has 0 aliphatic carbocycles. The van der Waals surface area contributed by atoms with Crippen LogP contribution in [0.1, 0.15) is 0 Å². The fraction of sp³-hybridized carbons (Fsp3) is 0. The minimum Gasteiger partial charge on any atom is -0.312 e. The van der Waals surface area contributed by atoms with Gasteiger partial charge in [0.15, 0.2) is 0 Å². The number of benzene rings is 1. The first-order chi connectivity index (χ1) is 7.18. The third kappa shape index (κ3) is 1.64. The van der Waals surface area contributed by atoms with Gasteiger partial charge in [-0.05, 0) is 6.07 Å². The third-order valence-electron chi connectivity index (χ3n) is 1.99. The van der Waals surface area contributed by atoms with E-state index >= 15 is 0 Å². The van der Waals surface area contributed by atoms with Gasteiger partial charge in [-0.2, -0.15) is 0 Å². The molecule has 0 aliphatic heterocycles. The number of imidazole rings is 1. The Balaban J connectivity index is 2.62. The van der Waals surface area contributed by atoms with E-state index in [1.54, 1.807) is 18.2 Å². The van der Waals surface area contributed by atoms with Crippen molar-refractivity contribution < 1.29 is 4.92 Å². The molecule has 0 aliphatic rings. The Labute approximate surface area is 83.7 Å². The van der Waals surface area contributed by atoms with Gasteiger partial charge in [-0.1, -0.05) is 12.1 Å². The van der Waals surface area contributed by atoms with Gasteiger partial charge in [0.05, 0.1) is 16.2 Å². The molecular weight excluding hydrogens is 198 g/mol. The fourth-order valence-corrected chi connectivity index (χ4v) is 1.34. The molecule has 2 N–H and O–H groups in total. The molecule has 1 heterocycles. The smallest absolute Gasteiger partial charge is 0.312 e. The van der Waals surface area contributed by atoms with Crippen LogP contribution in [0.3, 0.4) is 0 Å². The highest BCUT2D eigenvalue weighted by molar-refractivity contribution is 5.69. The van der Waals surface area contributed by atoms with Crippen molar-refractivity contribution in [3.8, 4) is 11.3 Å². The van der Waals surface area contributed by atoms with E-state index in [9.17, 15) is 14.9 Å². The summed E-state index contributed by atoms with van der Waals surface area (Å²) in [5, 5.41) is 10.7. The van der Waals surface area contributed by atoms with Crippen molar-refractivity contribution in [3.05, 3.63) is 51.1 Å². The predicted molar refractivity (Wildman–Crippen MR) is 53.5 cm³/mol. The van der Waals surface area contributed by atoms with Gasteiger partial charge in [0.1, 0.15) is 0 Å². The molecule has 0 saturated carbocycles. The molecule has 0 spiro atoms. The predicted octanol–water partition coefficient (Wildman–Crippen LogP) is 1.28. The second-order valence-corrected chi connectivity index (χ2v) is 2.93. The van der Waals surface area contributed by atoms with Crippen molar-refractivity contribution in [1.82, 2.24) is 9.97 Å². The number of nitro benzene ring substituents is 1. The van der Waals surface area contributed by atoms with Gasteiger partial charge in [0, 0.05) is 12.3 Å². The standard InChI is InChI=1S/C9H7N3O3/c13-9-10-5-7(11-9)6-3-1-2-4-8(6)12(14)15/h1-5H,(H2,10,11,13). The molecule has 15 heavy (non-hydrogen) atoms. The topological polar surface area (TPSA) is 91.8 Å². The zero-order valence-electron chi connectivity index (χ0n) is 7.56. The molecule has 0 bridgehead atoms. The Hall–Kier alpha value is -2.37. The molecule has 0 saturated heterocycles. The van der Waals surface area contributed by atoms with E-state index in [0.29, 0.717) is 11.3 Å². The molecule has 6 heteroatoms. The van der Waals surface area contributed by atoms with Crippen molar-refractivity contribution in [1.29, 1.82) is 0 Å². The molecule has 0 fully saturated rings. The van der Waals surface area contributed by atoms with Crippen LogP contribution in [-0.4, -0.2) is 14.9 Å². The average Bonchev–Trinajstić information content (AvgIpc) is 2.65. The summed E-state index contributed by atoms with van der Waals surface area (Å²) in [7, 11) is 0. The monoisotopic (exact) mass is 205 g/mol. The van der Waals surface area contributed by atoms with Gasteiger partial charge in [0.25, 0.3) is 5.69 Å². The average molecular weight is 205 g/mol. The number of hydrogen-bond acceptors (Lipinski definition) is 3. The molecule has 2 rings (SSSR count). The minimum absolute atomic E-state index is 0.0345. The van der Waals surface area contributed by atoms with Crippen molar-refractivity contribution in [2.75, 3.05) is 0 Å². The number of aromatic nitrogens is 2. The molecule has 6 nitrogen and oxygen atoms in total. The first-order valence-electron chi connectivity index (χ1n) is 4.20. The summed E-state index contributed by atoms with van der Waals surface area (Å²) in [5.41, 5.74) is 0.379. The van der Waals surface area contributed by atoms with Crippen molar-refractivity contribution >= 4 is 5.69 Å². The van der Waals surface area contributed by atoms with E-state index in [4.69, 9.17) is 0 Å². The molecule has 0 atom stereocenters. The van der Waals surface area contributed by atoms with E-state index in [1.165, 1.54) is 12.3 Å². The lowest BCUT2D eigenvalue weighted by molar-refractivity contribution is -0.384. The maximum Gasteiger partial charge on any atom is 0.323 e. The van der Waals surface area contributed by atoms with E-state index in [-0.39, 0.29) is 11.4 Å². The van der Waals surface area contributed by atoms with Gasteiger partial charge in [-0.3, -0.25) is 10.1 Å². The summed E-state index contributed by atoms with van der Waals surface area (Å²) in [5.74, 6) is 0. The SMILES string of the molecule is O=c1[nH]cc(-c2ccccc2[N+](=O)[O-])[nH]1. The third-order valence-corrected chi connectivity index (χ3v) is 1.99. The van der Waals surface area contributed by atoms with E-state index in [2.05, 4.69) is 9.97 Å². The minimum atomic E-state index is -0.485. The molecule has 1 aromatic carbocycles. The van der Waals surface area contributed by atoms with Gasteiger partial charge >= 0.3 is 5.69 Å². The van der Waals surface area contributed by atoms with Crippen molar-refractivity contribution in [2.24, 2.45) is 0 Å². The van der Waals surface area contributed by atoms with Crippen LogP contribution in [0.2, 0.25) is 0 Å². The van der Waals surface area contributed by atoms with Gasteiger partial charge in [0.2, 0.25) is 0 Å². The number of aromatic amines is 2. The summed E-state index contributed by atoms with van der Waals surface area (Å²) >= 11 is 0. The highest BCUT2D eigenvalue weighted by Gasteiger charge is 2.14. The molecule has 1 aromatic heterocycles. The second kappa shape index (κ2) is 3.41. The molecule has 0 radical (unpaired) electrons. The first-order valence-corrected chi connectivity index (χ1v) is 4.20. The molecule has 0 unspecified atom stereocenters. The maximum atomic E-state index is 10.9. The van der Waals surface area contributed by atoms with Gasteiger partial charge in [-0.15, -0.1) is 0 Å². The number of H-pyrrole nitrogens is 2. The van der Waals surface area contributed by atoms with Crippen LogP contribution >= 0.6 is 0 Å². The summed E-state index contributed by atoms with van der Waals surface area (Å²) in [6.07, 6.45) is 1.41. The van der Waals surface area contributed by atoms with E-state index in [0.717, 1.165) is 0 Å².